The average molecular weight is 682 g/mol. The number of furan rings is 1. The molecule has 0 amide bonds. The first-order valence-corrected chi connectivity index (χ1v) is 17.9. The molecule has 0 saturated carbocycles. The summed E-state index contributed by atoms with van der Waals surface area (Å²) in [5.74, 6) is 2.73. The summed E-state index contributed by atoms with van der Waals surface area (Å²) in [4.78, 5) is 2.22. The van der Waals surface area contributed by atoms with E-state index in [1.165, 1.54) is 22.3 Å². The minimum absolute atomic E-state index is 0.523. The highest BCUT2D eigenvalue weighted by molar-refractivity contribution is 6.10. The van der Waals surface area contributed by atoms with E-state index in [0.29, 0.717) is 17.2 Å². The van der Waals surface area contributed by atoms with E-state index in [1.54, 1.807) is 0 Å². The molecule has 1 aliphatic heterocycles. The van der Waals surface area contributed by atoms with E-state index in [1.807, 2.05) is 24.3 Å². The predicted molar refractivity (Wildman–Crippen MR) is 212 cm³/mol. The van der Waals surface area contributed by atoms with Gasteiger partial charge < -0.3 is 18.8 Å². The number of hydrogen-bond acceptors (Lipinski definition) is 4. The van der Waals surface area contributed by atoms with Gasteiger partial charge in [-0.05, 0) is 70.3 Å². The smallest absolute Gasteiger partial charge is 0.178 e. The van der Waals surface area contributed by atoms with Crippen molar-refractivity contribution in [1.29, 1.82) is 0 Å². The molecule has 0 radical (unpaired) electrons. The Bertz CT molecular complexity index is 2800. The van der Waals surface area contributed by atoms with Gasteiger partial charge >= 0.3 is 0 Å². The summed E-state index contributed by atoms with van der Waals surface area (Å²) < 4.78 is 20.3. The standard InChI is InChI=1S/C49H31NO3/c1-4-15-32(16-5-1)49(33-17-6-2-7-18-33)39-24-12-10-22-38(39)46-40(49)28-30-44-48(46)53-43-29-27-35(31-45(43)51-44)50(34-19-8-3-9-20-34)41-25-14-23-37-36-21-11-13-26-42(36)52-47(37)41/h1-31H. The summed E-state index contributed by atoms with van der Waals surface area (Å²) in [6.45, 7) is 0. The molecule has 1 aliphatic carbocycles. The number of fused-ring (bicyclic) bond motifs is 9. The summed E-state index contributed by atoms with van der Waals surface area (Å²) in [7, 11) is 0. The van der Waals surface area contributed by atoms with E-state index in [9.17, 15) is 0 Å². The van der Waals surface area contributed by atoms with Crippen molar-refractivity contribution < 1.29 is 13.9 Å². The molecule has 2 heterocycles. The number of nitrogens with zero attached hydrogens (tertiary/aromatic N) is 1. The largest absolute Gasteiger partial charge is 0.454 e. The van der Waals surface area contributed by atoms with Gasteiger partial charge in [0.05, 0.1) is 16.8 Å². The number of anilines is 3. The van der Waals surface area contributed by atoms with Crippen LogP contribution in [0.4, 0.5) is 17.1 Å². The molecule has 4 heteroatoms. The van der Waals surface area contributed by atoms with Gasteiger partial charge in [-0.25, -0.2) is 0 Å². The van der Waals surface area contributed by atoms with Crippen LogP contribution in [-0.4, -0.2) is 0 Å². The zero-order valence-corrected chi connectivity index (χ0v) is 28.6. The lowest BCUT2D eigenvalue weighted by Gasteiger charge is -2.34. The third-order valence-electron chi connectivity index (χ3n) is 10.8. The van der Waals surface area contributed by atoms with Gasteiger partial charge in [0.15, 0.2) is 28.6 Å². The quantitative estimate of drug-likeness (QED) is 0.181. The summed E-state index contributed by atoms with van der Waals surface area (Å²) in [5.41, 5.74) is 11.0. The molecule has 0 fully saturated rings. The molecule has 250 valence electrons. The number of benzene rings is 8. The molecule has 0 atom stereocenters. The fourth-order valence-corrected chi connectivity index (χ4v) is 8.60. The second kappa shape index (κ2) is 11.5. The van der Waals surface area contributed by atoms with Crippen LogP contribution < -0.4 is 14.4 Å². The number of rotatable bonds is 5. The molecule has 9 aromatic rings. The van der Waals surface area contributed by atoms with Crippen LogP contribution in [0.3, 0.4) is 0 Å². The Morgan fingerprint density at radius 3 is 1.89 bits per heavy atom. The van der Waals surface area contributed by atoms with E-state index < -0.39 is 5.41 Å². The highest BCUT2D eigenvalue weighted by Crippen LogP contribution is 2.62. The summed E-state index contributed by atoms with van der Waals surface area (Å²) in [6, 6.07) is 65.6. The summed E-state index contributed by atoms with van der Waals surface area (Å²) >= 11 is 0. The minimum atomic E-state index is -0.523. The van der Waals surface area contributed by atoms with Crippen LogP contribution in [-0.2, 0) is 5.41 Å². The van der Waals surface area contributed by atoms with Crippen LogP contribution >= 0.6 is 0 Å². The number of hydrogen-bond donors (Lipinski definition) is 0. The Morgan fingerprint density at radius 1 is 0.434 bits per heavy atom. The second-order valence-electron chi connectivity index (χ2n) is 13.6. The first-order valence-electron chi connectivity index (χ1n) is 17.9. The topological polar surface area (TPSA) is 34.8 Å². The monoisotopic (exact) mass is 681 g/mol. The van der Waals surface area contributed by atoms with Gasteiger partial charge in [0.25, 0.3) is 0 Å². The molecule has 11 rings (SSSR count). The molecule has 8 aromatic carbocycles. The SMILES string of the molecule is c1ccc(N(c2ccc3c(c2)Oc2ccc4c(c2O3)-c2ccccc2C4(c2ccccc2)c2ccccc2)c2cccc3c2oc2ccccc23)cc1. The third kappa shape index (κ3) is 4.30. The highest BCUT2D eigenvalue weighted by atomic mass is 16.6. The molecule has 4 nitrogen and oxygen atoms in total. The van der Waals surface area contributed by atoms with E-state index in [2.05, 4.69) is 169 Å². The maximum Gasteiger partial charge on any atom is 0.178 e. The van der Waals surface area contributed by atoms with Crippen molar-refractivity contribution in [2.45, 2.75) is 5.41 Å². The van der Waals surface area contributed by atoms with Gasteiger partial charge in [-0.2, -0.15) is 0 Å². The normalized spacial score (nSPS) is 13.4. The lowest BCUT2D eigenvalue weighted by Crippen LogP contribution is -2.28. The second-order valence-corrected chi connectivity index (χ2v) is 13.6. The van der Waals surface area contributed by atoms with Crippen molar-refractivity contribution >= 4 is 39.0 Å². The van der Waals surface area contributed by atoms with Crippen molar-refractivity contribution in [3.63, 3.8) is 0 Å². The zero-order chi connectivity index (χ0) is 34.9. The van der Waals surface area contributed by atoms with E-state index in [0.717, 1.165) is 55.9 Å². The first-order chi connectivity index (χ1) is 26.3. The molecule has 0 bridgehead atoms. The number of ether oxygens (including phenoxy) is 2. The summed E-state index contributed by atoms with van der Waals surface area (Å²) in [6.07, 6.45) is 0. The zero-order valence-electron chi connectivity index (χ0n) is 28.6. The van der Waals surface area contributed by atoms with Crippen LogP contribution in [0.5, 0.6) is 23.0 Å². The Morgan fingerprint density at radius 2 is 1.09 bits per heavy atom. The maximum absolute atomic E-state index is 6.94. The van der Waals surface area contributed by atoms with Crippen LogP contribution in [0.2, 0.25) is 0 Å². The fourth-order valence-electron chi connectivity index (χ4n) is 8.60. The van der Waals surface area contributed by atoms with Crippen molar-refractivity contribution in [3.05, 3.63) is 210 Å². The van der Waals surface area contributed by atoms with Crippen molar-refractivity contribution in [2.75, 3.05) is 4.90 Å². The number of para-hydroxylation sites is 3. The molecule has 53 heavy (non-hydrogen) atoms. The molecular formula is C49H31NO3. The highest BCUT2D eigenvalue weighted by Gasteiger charge is 2.48. The van der Waals surface area contributed by atoms with Gasteiger partial charge in [0, 0.05) is 28.1 Å². The molecule has 0 saturated heterocycles. The van der Waals surface area contributed by atoms with Crippen LogP contribution in [0, 0.1) is 0 Å². The third-order valence-corrected chi connectivity index (χ3v) is 10.8. The van der Waals surface area contributed by atoms with Gasteiger partial charge in [-0.1, -0.05) is 140 Å². The molecular weight excluding hydrogens is 651 g/mol. The van der Waals surface area contributed by atoms with Crippen LogP contribution in [0.1, 0.15) is 22.3 Å². The van der Waals surface area contributed by atoms with Crippen LogP contribution in [0.25, 0.3) is 33.1 Å². The average Bonchev–Trinajstić information content (AvgIpc) is 3.76. The molecule has 2 aliphatic rings. The predicted octanol–water partition coefficient (Wildman–Crippen LogP) is 13.3. The van der Waals surface area contributed by atoms with Crippen molar-refractivity contribution in [1.82, 2.24) is 0 Å². The van der Waals surface area contributed by atoms with E-state index in [4.69, 9.17) is 13.9 Å². The maximum atomic E-state index is 6.94. The Kier molecular flexibility index (Phi) is 6.43. The van der Waals surface area contributed by atoms with Crippen molar-refractivity contribution in [3.8, 4) is 34.1 Å². The van der Waals surface area contributed by atoms with Gasteiger partial charge in [0.1, 0.15) is 5.58 Å². The lowest BCUT2D eigenvalue weighted by atomic mass is 9.68. The Hall–Kier alpha value is -7.04. The molecule has 0 spiro atoms. The molecule has 0 unspecified atom stereocenters. The Labute approximate surface area is 306 Å². The van der Waals surface area contributed by atoms with E-state index in [-0.39, 0.29) is 0 Å². The van der Waals surface area contributed by atoms with Crippen molar-refractivity contribution in [2.24, 2.45) is 0 Å². The first kappa shape index (κ1) is 29.7. The fraction of sp³-hybridized carbons (Fsp3) is 0.0204. The van der Waals surface area contributed by atoms with Gasteiger partial charge in [-0.3, -0.25) is 0 Å². The molecule has 0 N–H and O–H groups in total. The molecule has 1 aromatic heterocycles. The van der Waals surface area contributed by atoms with Gasteiger partial charge in [-0.15, -0.1) is 0 Å². The van der Waals surface area contributed by atoms with Gasteiger partial charge in [0.2, 0.25) is 0 Å². The minimum Gasteiger partial charge on any atom is -0.454 e. The lowest BCUT2D eigenvalue weighted by molar-refractivity contribution is 0.360. The van der Waals surface area contributed by atoms with Crippen LogP contribution in [0.15, 0.2) is 192 Å². The van der Waals surface area contributed by atoms with E-state index >= 15 is 0 Å². The summed E-state index contributed by atoms with van der Waals surface area (Å²) in [5, 5.41) is 2.16. The Balaban J connectivity index is 1.07.